The molecule has 0 aromatic heterocycles. The second-order valence-corrected chi connectivity index (χ2v) is 7.14. The van der Waals surface area contributed by atoms with E-state index in [0.29, 0.717) is 17.6 Å². The third kappa shape index (κ3) is 9.74. The molecule has 0 saturated carbocycles. The number of nitrogens with zero attached hydrogens (tertiary/aromatic N) is 1. The molecular formula is C14H25NO5P+. The third-order valence-corrected chi connectivity index (χ3v) is 3.63. The highest BCUT2D eigenvalue weighted by Gasteiger charge is 2.22. The Morgan fingerprint density at radius 2 is 1.67 bits per heavy atom. The van der Waals surface area contributed by atoms with Crippen LogP contribution in [-0.4, -0.2) is 56.9 Å². The summed E-state index contributed by atoms with van der Waals surface area (Å²) in [4.78, 5) is 9.48. The van der Waals surface area contributed by atoms with E-state index in [1.807, 2.05) is 51.5 Å². The number of quaternary nitrogens is 1. The van der Waals surface area contributed by atoms with Gasteiger partial charge in [0, 0.05) is 0 Å². The number of ether oxygens (including phenoxy) is 1. The molecule has 1 unspecified atom stereocenters. The van der Waals surface area contributed by atoms with Crippen LogP contribution in [0.5, 0.6) is 0 Å². The maximum atomic E-state index is 11.6. The summed E-state index contributed by atoms with van der Waals surface area (Å²) in [5.41, 5.74) is 1.05. The van der Waals surface area contributed by atoms with E-state index in [2.05, 4.69) is 0 Å². The Balaban J connectivity index is 2.12. The minimum absolute atomic E-state index is 0.0188. The number of rotatable bonds is 10. The predicted molar refractivity (Wildman–Crippen MR) is 80.7 cm³/mol. The smallest absolute Gasteiger partial charge is 0.374 e. The quantitative estimate of drug-likeness (QED) is 0.406. The Labute approximate surface area is 126 Å². The average Bonchev–Trinajstić information content (AvgIpc) is 2.37. The largest absolute Gasteiger partial charge is 0.472 e. The summed E-state index contributed by atoms with van der Waals surface area (Å²) in [5, 5.41) is 0. The first-order valence-electron chi connectivity index (χ1n) is 6.82. The SMILES string of the molecule is C[N+](C)(C)CCOP(=O)(O)OCCOCc1ccccc1. The van der Waals surface area contributed by atoms with Crippen LogP contribution in [0.4, 0.5) is 0 Å². The molecule has 1 atom stereocenters. The molecule has 6 nitrogen and oxygen atoms in total. The first kappa shape index (κ1) is 18.3. The van der Waals surface area contributed by atoms with Gasteiger partial charge in [0.05, 0.1) is 41.0 Å². The molecule has 0 aliphatic heterocycles. The molecule has 0 aliphatic rings. The van der Waals surface area contributed by atoms with E-state index in [1.165, 1.54) is 0 Å². The summed E-state index contributed by atoms with van der Waals surface area (Å²) in [7, 11) is 1.95. The highest BCUT2D eigenvalue weighted by atomic mass is 31.2. The molecule has 1 aromatic carbocycles. The molecule has 7 heteroatoms. The molecule has 0 aliphatic carbocycles. The van der Waals surface area contributed by atoms with Crippen molar-refractivity contribution in [2.45, 2.75) is 6.61 Å². The second-order valence-electron chi connectivity index (χ2n) is 5.69. The Bertz CT molecular complexity index is 446. The minimum Gasteiger partial charge on any atom is -0.374 e. The lowest BCUT2D eigenvalue weighted by Crippen LogP contribution is -2.37. The summed E-state index contributed by atoms with van der Waals surface area (Å²) in [6.45, 7) is 1.49. The average molecular weight is 318 g/mol. The second kappa shape index (κ2) is 8.63. The molecule has 0 bridgehead atoms. The maximum Gasteiger partial charge on any atom is 0.472 e. The van der Waals surface area contributed by atoms with Gasteiger partial charge in [0.1, 0.15) is 13.2 Å². The maximum absolute atomic E-state index is 11.6. The lowest BCUT2D eigenvalue weighted by molar-refractivity contribution is -0.870. The minimum atomic E-state index is -3.98. The monoisotopic (exact) mass is 318 g/mol. The van der Waals surface area contributed by atoms with Gasteiger partial charge in [0.2, 0.25) is 0 Å². The fourth-order valence-corrected chi connectivity index (χ4v) is 2.14. The van der Waals surface area contributed by atoms with Crippen LogP contribution in [0.1, 0.15) is 5.56 Å². The molecule has 1 N–H and O–H groups in total. The van der Waals surface area contributed by atoms with E-state index in [0.717, 1.165) is 5.56 Å². The molecule has 0 saturated heterocycles. The molecule has 1 aromatic rings. The van der Waals surface area contributed by atoms with E-state index in [1.54, 1.807) is 0 Å². The molecule has 0 spiro atoms. The van der Waals surface area contributed by atoms with Crippen molar-refractivity contribution in [1.82, 2.24) is 0 Å². The number of likely N-dealkylation sites (N-methyl/N-ethyl adjacent to an activating group) is 1. The Hall–Kier alpha value is -0.750. The van der Waals surface area contributed by atoms with E-state index >= 15 is 0 Å². The summed E-state index contributed by atoms with van der Waals surface area (Å²) in [5.74, 6) is 0. The molecule has 1 rings (SSSR count). The van der Waals surface area contributed by atoms with Crippen LogP contribution in [0, 0.1) is 0 Å². The van der Waals surface area contributed by atoms with E-state index in [4.69, 9.17) is 13.8 Å². The van der Waals surface area contributed by atoms with Gasteiger partial charge in [-0.25, -0.2) is 4.57 Å². The molecule has 0 amide bonds. The van der Waals surface area contributed by atoms with Crippen LogP contribution in [0.3, 0.4) is 0 Å². The number of phosphoric ester groups is 1. The van der Waals surface area contributed by atoms with Gasteiger partial charge in [-0.15, -0.1) is 0 Å². The lowest BCUT2D eigenvalue weighted by atomic mass is 10.2. The van der Waals surface area contributed by atoms with E-state index in [9.17, 15) is 9.46 Å². The van der Waals surface area contributed by atoms with Crippen LogP contribution >= 0.6 is 7.82 Å². The van der Waals surface area contributed by atoms with Gasteiger partial charge < -0.3 is 14.1 Å². The standard InChI is InChI=1S/C14H24NO5P/c1-15(2,3)9-10-19-21(16,17)20-12-11-18-13-14-7-5-4-6-8-14/h4-8H,9-13H2,1-3H3/p+1. The number of phosphoric acid groups is 1. The zero-order valence-corrected chi connectivity index (χ0v) is 13.8. The lowest BCUT2D eigenvalue weighted by Gasteiger charge is -2.24. The van der Waals surface area contributed by atoms with Crippen molar-refractivity contribution < 1.29 is 27.7 Å². The van der Waals surface area contributed by atoms with Crippen molar-refractivity contribution in [3.63, 3.8) is 0 Å². The summed E-state index contributed by atoms with van der Waals surface area (Å²) < 4.78 is 27.3. The van der Waals surface area contributed by atoms with Gasteiger partial charge in [-0.3, -0.25) is 9.05 Å². The van der Waals surface area contributed by atoms with Crippen molar-refractivity contribution >= 4 is 7.82 Å². The van der Waals surface area contributed by atoms with Gasteiger partial charge >= 0.3 is 7.82 Å². The zero-order valence-electron chi connectivity index (χ0n) is 12.9. The molecule has 120 valence electrons. The number of hydrogen-bond acceptors (Lipinski definition) is 4. The van der Waals surface area contributed by atoms with Gasteiger partial charge in [0.15, 0.2) is 0 Å². The van der Waals surface area contributed by atoms with Crippen LogP contribution in [-0.2, 0) is 25.0 Å². The Morgan fingerprint density at radius 3 is 2.29 bits per heavy atom. The van der Waals surface area contributed by atoms with Crippen LogP contribution in [0.2, 0.25) is 0 Å². The third-order valence-electron chi connectivity index (χ3n) is 2.61. The summed E-state index contributed by atoms with van der Waals surface area (Å²) in [6.07, 6.45) is 0. The molecule has 21 heavy (non-hydrogen) atoms. The Kier molecular flexibility index (Phi) is 7.52. The number of hydrogen-bond donors (Lipinski definition) is 1. The predicted octanol–water partition coefficient (Wildman–Crippen LogP) is 2.04. The highest BCUT2D eigenvalue weighted by molar-refractivity contribution is 7.47. The van der Waals surface area contributed by atoms with Crippen molar-refractivity contribution in [2.75, 3.05) is 47.5 Å². The van der Waals surface area contributed by atoms with Crippen molar-refractivity contribution in [2.24, 2.45) is 0 Å². The molecule has 0 heterocycles. The van der Waals surface area contributed by atoms with Gasteiger partial charge in [0.25, 0.3) is 0 Å². The normalized spacial score (nSPS) is 14.9. The highest BCUT2D eigenvalue weighted by Crippen LogP contribution is 2.42. The van der Waals surface area contributed by atoms with Gasteiger partial charge in [-0.2, -0.15) is 0 Å². The van der Waals surface area contributed by atoms with Crippen molar-refractivity contribution in [1.29, 1.82) is 0 Å². The molecule has 0 fully saturated rings. The number of benzene rings is 1. The van der Waals surface area contributed by atoms with E-state index in [-0.39, 0.29) is 19.8 Å². The summed E-state index contributed by atoms with van der Waals surface area (Å²) >= 11 is 0. The van der Waals surface area contributed by atoms with Crippen LogP contribution in [0.15, 0.2) is 30.3 Å². The first-order valence-corrected chi connectivity index (χ1v) is 8.32. The molecular weight excluding hydrogens is 293 g/mol. The fraction of sp³-hybridized carbons (Fsp3) is 0.571. The summed E-state index contributed by atoms with van der Waals surface area (Å²) in [6, 6.07) is 9.69. The molecule has 0 radical (unpaired) electrons. The van der Waals surface area contributed by atoms with Crippen LogP contribution < -0.4 is 0 Å². The van der Waals surface area contributed by atoms with Crippen LogP contribution in [0.25, 0.3) is 0 Å². The van der Waals surface area contributed by atoms with Gasteiger partial charge in [-0.1, -0.05) is 30.3 Å². The van der Waals surface area contributed by atoms with Gasteiger partial charge in [-0.05, 0) is 5.56 Å². The first-order chi connectivity index (χ1) is 9.79. The van der Waals surface area contributed by atoms with Crippen molar-refractivity contribution in [3.05, 3.63) is 35.9 Å². The topological polar surface area (TPSA) is 65.0 Å². The Morgan fingerprint density at radius 1 is 1.05 bits per heavy atom. The zero-order chi connectivity index (χ0) is 15.8. The van der Waals surface area contributed by atoms with Crippen molar-refractivity contribution in [3.8, 4) is 0 Å². The fourth-order valence-electron chi connectivity index (χ4n) is 1.44. The van der Waals surface area contributed by atoms with E-state index < -0.39 is 7.82 Å².